The zero-order valence-corrected chi connectivity index (χ0v) is 19.9. The summed E-state index contributed by atoms with van der Waals surface area (Å²) in [5.41, 5.74) is 2.19. The number of rotatable bonds is 10. The number of nitrogens with zero attached hydrogens (tertiary/aromatic N) is 4. The van der Waals surface area contributed by atoms with Crippen molar-refractivity contribution in [3.63, 3.8) is 0 Å². The molecule has 1 saturated heterocycles. The lowest BCUT2D eigenvalue weighted by Crippen LogP contribution is -2.46. The normalized spacial score (nSPS) is 17.7. The van der Waals surface area contributed by atoms with Gasteiger partial charge >= 0.3 is 0 Å². The quantitative estimate of drug-likeness (QED) is 0.432. The van der Waals surface area contributed by atoms with E-state index in [0.717, 1.165) is 69.5 Å². The minimum Gasteiger partial charge on any atom is -0.374 e. The van der Waals surface area contributed by atoms with Crippen LogP contribution in [0.2, 0.25) is 0 Å². The Morgan fingerprint density at radius 2 is 2.03 bits per heavy atom. The van der Waals surface area contributed by atoms with Crippen LogP contribution >= 0.6 is 0 Å². The fourth-order valence-electron chi connectivity index (χ4n) is 3.76. The summed E-state index contributed by atoms with van der Waals surface area (Å²) < 4.78 is 11.2. The summed E-state index contributed by atoms with van der Waals surface area (Å²) in [4.78, 5) is 11.6. The van der Waals surface area contributed by atoms with E-state index in [0.29, 0.717) is 18.4 Å². The molecule has 1 aromatic heterocycles. The lowest BCUT2D eigenvalue weighted by molar-refractivity contribution is -0.0261. The molecule has 8 nitrogen and oxygen atoms in total. The van der Waals surface area contributed by atoms with Gasteiger partial charge in [-0.15, -0.1) is 0 Å². The Balaban J connectivity index is 1.46. The van der Waals surface area contributed by atoms with E-state index in [2.05, 4.69) is 58.6 Å². The molecule has 0 bridgehead atoms. The van der Waals surface area contributed by atoms with Gasteiger partial charge in [0.1, 0.15) is 0 Å². The predicted octanol–water partition coefficient (Wildman–Crippen LogP) is 2.75. The fourth-order valence-corrected chi connectivity index (χ4v) is 3.76. The van der Waals surface area contributed by atoms with Crippen LogP contribution < -0.4 is 10.6 Å². The first kappa shape index (κ1) is 24.2. The second kappa shape index (κ2) is 12.6. The molecular formula is C24H38N6O2. The topological polar surface area (TPSA) is 87.8 Å². The highest BCUT2D eigenvalue weighted by molar-refractivity contribution is 5.79. The van der Waals surface area contributed by atoms with E-state index in [-0.39, 0.29) is 6.10 Å². The molecule has 0 spiro atoms. The van der Waals surface area contributed by atoms with Gasteiger partial charge in [-0.3, -0.25) is 9.89 Å². The van der Waals surface area contributed by atoms with Gasteiger partial charge in [-0.05, 0) is 37.0 Å². The average molecular weight is 443 g/mol. The molecule has 2 N–H and O–H groups in total. The SMILES string of the molecule is CCNC(=NCC1CN(CC(C)C)CCO1)NCCc1ccc(-c2nc(CC)no2)cc1. The van der Waals surface area contributed by atoms with Crippen molar-refractivity contribution in [1.29, 1.82) is 0 Å². The van der Waals surface area contributed by atoms with Crippen LogP contribution in [0, 0.1) is 5.92 Å². The number of benzene rings is 1. The maximum atomic E-state index is 5.93. The summed E-state index contributed by atoms with van der Waals surface area (Å²) in [6.07, 6.45) is 1.83. The van der Waals surface area contributed by atoms with Crippen LogP contribution in [0.15, 0.2) is 33.8 Å². The molecule has 0 saturated carbocycles. The van der Waals surface area contributed by atoms with Crippen molar-refractivity contribution < 1.29 is 9.26 Å². The number of hydrogen-bond acceptors (Lipinski definition) is 6. The van der Waals surface area contributed by atoms with Crippen molar-refractivity contribution in [1.82, 2.24) is 25.7 Å². The Kier molecular flexibility index (Phi) is 9.49. The molecule has 1 unspecified atom stereocenters. The van der Waals surface area contributed by atoms with Crippen LogP contribution in [-0.2, 0) is 17.6 Å². The lowest BCUT2D eigenvalue weighted by atomic mass is 10.1. The van der Waals surface area contributed by atoms with Crippen LogP contribution in [0.25, 0.3) is 11.5 Å². The van der Waals surface area contributed by atoms with Crippen molar-refractivity contribution in [2.24, 2.45) is 10.9 Å². The number of aliphatic imine (C=N–C) groups is 1. The molecule has 1 fully saturated rings. The summed E-state index contributed by atoms with van der Waals surface area (Å²) >= 11 is 0. The number of aromatic nitrogens is 2. The molecule has 2 heterocycles. The molecule has 0 radical (unpaired) electrons. The number of guanidine groups is 1. The zero-order chi connectivity index (χ0) is 22.8. The first-order valence-electron chi connectivity index (χ1n) is 11.8. The first-order chi connectivity index (χ1) is 15.6. The molecule has 3 rings (SSSR count). The van der Waals surface area contributed by atoms with E-state index in [4.69, 9.17) is 14.3 Å². The van der Waals surface area contributed by atoms with Gasteiger partial charge in [0, 0.05) is 44.7 Å². The zero-order valence-electron chi connectivity index (χ0n) is 19.9. The van der Waals surface area contributed by atoms with E-state index in [1.165, 1.54) is 5.56 Å². The van der Waals surface area contributed by atoms with E-state index < -0.39 is 0 Å². The first-order valence-corrected chi connectivity index (χ1v) is 11.8. The number of hydrogen-bond donors (Lipinski definition) is 2. The Labute approximate surface area is 191 Å². The molecule has 0 amide bonds. The predicted molar refractivity (Wildman–Crippen MR) is 128 cm³/mol. The van der Waals surface area contributed by atoms with Gasteiger partial charge < -0.3 is 19.9 Å². The summed E-state index contributed by atoms with van der Waals surface area (Å²) in [7, 11) is 0. The second-order valence-corrected chi connectivity index (χ2v) is 8.61. The summed E-state index contributed by atoms with van der Waals surface area (Å²) in [5, 5.41) is 10.7. The number of ether oxygens (including phenoxy) is 1. The Hall–Kier alpha value is -2.45. The third kappa shape index (κ3) is 7.60. The van der Waals surface area contributed by atoms with Crippen LogP contribution in [0.1, 0.15) is 39.1 Å². The molecule has 1 aliphatic heterocycles. The van der Waals surface area contributed by atoms with E-state index in [1.54, 1.807) is 0 Å². The Morgan fingerprint density at radius 3 is 2.72 bits per heavy atom. The van der Waals surface area contributed by atoms with Gasteiger partial charge in [0.25, 0.3) is 5.89 Å². The van der Waals surface area contributed by atoms with Gasteiger partial charge in [-0.1, -0.05) is 38.1 Å². The minimum absolute atomic E-state index is 0.156. The summed E-state index contributed by atoms with van der Waals surface area (Å²) in [6.45, 7) is 14.8. The lowest BCUT2D eigenvalue weighted by Gasteiger charge is -2.33. The van der Waals surface area contributed by atoms with Crippen LogP contribution in [0.5, 0.6) is 0 Å². The van der Waals surface area contributed by atoms with Gasteiger partial charge in [0.2, 0.25) is 0 Å². The van der Waals surface area contributed by atoms with Crippen molar-refractivity contribution in [3.8, 4) is 11.5 Å². The molecule has 2 aromatic rings. The van der Waals surface area contributed by atoms with Crippen molar-refractivity contribution in [2.45, 2.75) is 46.6 Å². The van der Waals surface area contributed by atoms with Crippen molar-refractivity contribution in [2.75, 3.05) is 45.9 Å². The molecular weight excluding hydrogens is 404 g/mol. The van der Waals surface area contributed by atoms with E-state index >= 15 is 0 Å². The standard InChI is InChI=1S/C24H38N6O2/c1-5-22-28-23(32-29-22)20-9-7-19(8-10-20)11-12-26-24(25-6-2)27-15-21-17-30(13-14-31-21)16-18(3)4/h7-10,18,21H,5-6,11-17H2,1-4H3,(H2,25,26,27). The van der Waals surface area contributed by atoms with Gasteiger partial charge in [0.05, 0.1) is 19.3 Å². The van der Waals surface area contributed by atoms with Gasteiger partial charge in [-0.2, -0.15) is 4.98 Å². The fraction of sp³-hybridized carbons (Fsp3) is 0.625. The number of nitrogens with one attached hydrogen (secondary N) is 2. The second-order valence-electron chi connectivity index (χ2n) is 8.61. The maximum Gasteiger partial charge on any atom is 0.257 e. The largest absolute Gasteiger partial charge is 0.374 e. The monoisotopic (exact) mass is 442 g/mol. The highest BCUT2D eigenvalue weighted by Crippen LogP contribution is 2.18. The van der Waals surface area contributed by atoms with E-state index in [1.807, 2.05) is 19.1 Å². The highest BCUT2D eigenvalue weighted by Gasteiger charge is 2.20. The van der Waals surface area contributed by atoms with Crippen LogP contribution in [0.3, 0.4) is 0 Å². The molecule has 8 heteroatoms. The highest BCUT2D eigenvalue weighted by atomic mass is 16.5. The maximum absolute atomic E-state index is 5.93. The smallest absolute Gasteiger partial charge is 0.257 e. The van der Waals surface area contributed by atoms with Crippen LogP contribution in [0.4, 0.5) is 0 Å². The molecule has 1 atom stereocenters. The van der Waals surface area contributed by atoms with Crippen molar-refractivity contribution >= 4 is 5.96 Å². The van der Waals surface area contributed by atoms with Gasteiger partial charge in [0.15, 0.2) is 11.8 Å². The Morgan fingerprint density at radius 1 is 1.22 bits per heavy atom. The van der Waals surface area contributed by atoms with E-state index in [9.17, 15) is 0 Å². The molecule has 32 heavy (non-hydrogen) atoms. The van der Waals surface area contributed by atoms with Crippen LogP contribution in [-0.4, -0.2) is 73.0 Å². The molecule has 0 aliphatic carbocycles. The van der Waals surface area contributed by atoms with Gasteiger partial charge in [-0.25, -0.2) is 0 Å². The summed E-state index contributed by atoms with van der Waals surface area (Å²) in [5.74, 6) is 2.82. The minimum atomic E-state index is 0.156. The van der Waals surface area contributed by atoms with Crippen molar-refractivity contribution in [3.05, 3.63) is 35.7 Å². The Bertz CT molecular complexity index is 833. The molecule has 1 aliphatic rings. The summed E-state index contributed by atoms with van der Waals surface area (Å²) in [6, 6.07) is 8.28. The third-order valence-electron chi connectivity index (χ3n) is 5.33. The number of aryl methyl sites for hydroxylation is 1. The number of morpholine rings is 1. The third-order valence-corrected chi connectivity index (χ3v) is 5.33. The molecule has 176 valence electrons. The average Bonchev–Trinajstić information content (AvgIpc) is 3.27. The molecule has 1 aromatic carbocycles.